The first-order chi connectivity index (χ1) is 5.77. The van der Waals surface area contributed by atoms with Crippen LogP contribution < -0.4 is 0 Å². The van der Waals surface area contributed by atoms with Gasteiger partial charge in [0.2, 0.25) is 5.28 Å². The molecular weight excluding hydrogens is 174 g/mol. The molecule has 0 saturated heterocycles. The Bertz CT molecular complexity index is 271. The average Bonchev–Trinajstić information content (AvgIpc) is 2.58. The van der Waals surface area contributed by atoms with Crippen LogP contribution in [0.15, 0.2) is 6.33 Å². The van der Waals surface area contributed by atoms with E-state index in [0.717, 1.165) is 5.92 Å². The van der Waals surface area contributed by atoms with E-state index in [1.54, 1.807) is 6.33 Å². The lowest BCUT2D eigenvalue weighted by Crippen LogP contribution is -2.03. The highest BCUT2D eigenvalue weighted by Crippen LogP contribution is 2.34. The molecule has 0 aromatic carbocycles. The van der Waals surface area contributed by atoms with Gasteiger partial charge in [0.05, 0.1) is 0 Å². The Morgan fingerprint density at radius 2 is 2.42 bits per heavy atom. The summed E-state index contributed by atoms with van der Waals surface area (Å²) in [6.45, 7) is 2.28. The molecule has 3 nitrogen and oxygen atoms in total. The summed E-state index contributed by atoms with van der Waals surface area (Å²) in [7, 11) is 0. The molecule has 0 radical (unpaired) electrons. The van der Waals surface area contributed by atoms with E-state index < -0.39 is 0 Å². The second-order valence-corrected chi connectivity index (χ2v) is 3.92. The Hall–Kier alpha value is -0.570. The molecule has 1 aliphatic carbocycles. The zero-order chi connectivity index (χ0) is 8.55. The maximum atomic E-state index is 5.86. The first-order valence-corrected chi connectivity index (χ1v) is 4.70. The van der Waals surface area contributed by atoms with Gasteiger partial charge in [-0.15, -0.1) is 10.2 Å². The number of hydrogen-bond donors (Lipinski definition) is 0. The Kier molecular flexibility index (Phi) is 2.05. The molecule has 1 fully saturated rings. The highest BCUT2D eigenvalue weighted by Gasteiger charge is 2.23. The number of halogens is 1. The molecule has 0 bridgehead atoms. The van der Waals surface area contributed by atoms with Crippen LogP contribution >= 0.6 is 11.6 Å². The summed E-state index contributed by atoms with van der Waals surface area (Å²) in [5, 5.41) is 8.06. The monoisotopic (exact) mass is 185 g/mol. The van der Waals surface area contributed by atoms with Gasteiger partial charge in [-0.05, 0) is 36.8 Å². The van der Waals surface area contributed by atoms with Gasteiger partial charge in [-0.3, -0.25) is 0 Å². The Balaban J connectivity index is 2.16. The largest absolute Gasteiger partial charge is 0.301 e. The molecule has 4 heteroatoms. The first kappa shape index (κ1) is 8.05. The van der Waals surface area contributed by atoms with Crippen LogP contribution in [0.2, 0.25) is 5.28 Å². The summed E-state index contributed by atoms with van der Waals surface area (Å²) in [4.78, 5) is 0. The quantitative estimate of drug-likeness (QED) is 0.672. The Morgan fingerprint density at radius 1 is 1.58 bits per heavy atom. The third-order valence-electron chi connectivity index (χ3n) is 2.59. The van der Waals surface area contributed by atoms with Crippen LogP contribution in [0.1, 0.15) is 32.2 Å². The Labute approximate surface area is 76.7 Å². The van der Waals surface area contributed by atoms with Gasteiger partial charge < -0.3 is 4.57 Å². The minimum absolute atomic E-state index is 0.522. The first-order valence-electron chi connectivity index (χ1n) is 4.32. The molecule has 1 aromatic heterocycles. The molecule has 0 aliphatic heterocycles. The van der Waals surface area contributed by atoms with E-state index in [-0.39, 0.29) is 0 Å². The summed E-state index contributed by atoms with van der Waals surface area (Å²) in [6, 6.07) is 0.530. The van der Waals surface area contributed by atoms with Crippen molar-refractivity contribution in [1.29, 1.82) is 0 Å². The van der Waals surface area contributed by atoms with Gasteiger partial charge in [-0.2, -0.15) is 0 Å². The summed E-state index contributed by atoms with van der Waals surface area (Å²) < 4.78 is 1.98. The molecule has 1 aliphatic rings. The maximum absolute atomic E-state index is 5.86. The van der Waals surface area contributed by atoms with Crippen LogP contribution in [0.25, 0.3) is 0 Å². The molecule has 2 rings (SSSR count). The molecule has 2 unspecified atom stereocenters. The van der Waals surface area contributed by atoms with Gasteiger partial charge in [0.25, 0.3) is 0 Å². The van der Waals surface area contributed by atoms with Crippen molar-refractivity contribution >= 4 is 11.6 Å². The summed E-state index contributed by atoms with van der Waals surface area (Å²) in [5.74, 6) is 0.813. The highest BCUT2D eigenvalue weighted by molar-refractivity contribution is 6.28. The lowest BCUT2D eigenvalue weighted by molar-refractivity contribution is 0.493. The van der Waals surface area contributed by atoms with Gasteiger partial charge in [0.15, 0.2) is 0 Å². The highest BCUT2D eigenvalue weighted by atomic mass is 35.5. The smallest absolute Gasteiger partial charge is 0.225 e. The number of nitrogens with zero attached hydrogens (tertiary/aromatic N) is 3. The van der Waals surface area contributed by atoms with Crippen LogP contribution in [-0.4, -0.2) is 14.8 Å². The fourth-order valence-corrected chi connectivity index (χ4v) is 2.13. The van der Waals surface area contributed by atoms with Crippen molar-refractivity contribution in [3.05, 3.63) is 11.6 Å². The SMILES string of the molecule is CC1CCC(n2cnnc2Cl)C1. The van der Waals surface area contributed by atoms with E-state index in [0.29, 0.717) is 11.3 Å². The summed E-state index contributed by atoms with van der Waals surface area (Å²) >= 11 is 5.86. The zero-order valence-corrected chi connectivity index (χ0v) is 7.83. The van der Waals surface area contributed by atoms with Crippen LogP contribution in [0.4, 0.5) is 0 Å². The predicted molar refractivity (Wildman–Crippen MR) is 47.1 cm³/mol. The molecule has 0 N–H and O–H groups in total. The molecule has 1 aromatic rings. The third-order valence-corrected chi connectivity index (χ3v) is 2.86. The van der Waals surface area contributed by atoms with Crippen molar-refractivity contribution in [2.45, 2.75) is 32.2 Å². The van der Waals surface area contributed by atoms with Crippen LogP contribution in [-0.2, 0) is 0 Å². The van der Waals surface area contributed by atoms with Gasteiger partial charge in [-0.1, -0.05) is 6.92 Å². The topological polar surface area (TPSA) is 30.7 Å². The zero-order valence-electron chi connectivity index (χ0n) is 7.07. The predicted octanol–water partition coefficient (Wildman–Crippen LogP) is 2.29. The molecule has 1 heterocycles. The van der Waals surface area contributed by atoms with Crippen LogP contribution in [0.5, 0.6) is 0 Å². The lowest BCUT2D eigenvalue weighted by atomic mass is 10.1. The normalized spacial score (nSPS) is 29.5. The minimum atomic E-state index is 0.522. The van der Waals surface area contributed by atoms with Gasteiger partial charge in [0, 0.05) is 6.04 Å². The van der Waals surface area contributed by atoms with Gasteiger partial charge in [-0.25, -0.2) is 0 Å². The molecule has 0 spiro atoms. The third kappa shape index (κ3) is 1.33. The Morgan fingerprint density at radius 3 is 2.92 bits per heavy atom. The van der Waals surface area contributed by atoms with E-state index in [1.165, 1.54) is 19.3 Å². The molecule has 12 heavy (non-hydrogen) atoms. The second-order valence-electron chi connectivity index (χ2n) is 3.58. The summed E-state index contributed by atoms with van der Waals surface area (Å²) in [6.07, 6.45) is 5.43. The van der Waals surface area contributed by atoms with E-state index in [9.17, 15) is 0 Å². The summed E-state index contributed by atoms with van der Waals surface area (Å²) in [5.41, 5.74) is 0. The van der Waals surface area contributed by atoms with Crippen LogP contribution in [0.3, 0.4) is 0 Å². The number of aromatic nitrogens is 3. The minimum Gasteiger partial charge on any atom is -0.301 e. The van der Waals surface area contributed by atoms with Crippen molar-refractivity contribution in [2.75, 3.05) is 0 Å². The fourth-order valence-electron chi connectivity index (χ4n) is 1.90. The molecule has 2 atom stereocenters. The van der Waals surface area contributed by atoms with Crippen molar-refractivity contribution in [1.82, 2.24) is 14.8 Å². The molecule has 66 valence electrons. The van der Waals surface area contributed by atoms with Crippen molar-refractivity contribution < 1.29 is 0 Å². The van der Waals surface area contributed by atoms with E-state index >= 15 is 0 Å². The molecular formula is C8H12ClN3. The van der Waals surface area contributed by atoms with E-state index in [2.05, 4.69) is 17.1 Å². The maximum Gasteiger partial charge on any atom is 0.225 e. The fraction of sp³-hybridized carbons (Fsp3) is 0.750. The molecule has 1 saturated carbocycles. The van der Waals surface area contributed by atoms with Crippen LogP contribution in [0, 0.1) is 5.92 Å². The van der Waals surface area contributed by atoms with Crippen molar-refractivity contribution in [3.63, 3.8) is 0 Å². The van der Waals surface area contributed by atoms with E-state index in [1.807, 2.05) is 4.57 Å². The van der Waals surface area contributed by atoms with Gasteiger partial charge in [0.1, 0.15) is 6.33 Å². The lowest BCUT2D eigenvalue weighted by Gasteiger charge is -2.10. The van der Waals surface area contributed by atoms with E-state index in [4.69, 9.17) is 11.6 Å². The van der Waals surface area contributed by atoms with Crippen molar-refractivity contribution in [2.24, 2.45) is 5.92 Å². The second kappa shape index (κ2) is 3.05. The number of rotatable bonds is 1. The van der Waals surface area contributed by atoms with Gasteiger partial charge >= 0.3 is 0 Å². The molecule has 0 amide bonds. The van der Waals surface area contributed by atoms with Crippen molar-refractivity contribution in [3.8, 4) is 0 Å². The number of hydrogen-bond acceptors (Lipinski definition) is 2. The standard InChI is InChI=1S/C8H12ClN3/c1-6-2-3-7(4-6)12-5-10-11-8(12)9/h5-7H,2-4H2,1H3. The average molecular weight is 186 g/mol.